The first-order chi connectivity index (χ1) is 9.69. The Hall–Kier alpha value is -2.44. The number of unbranched alkanes of at least 4 members (excludes halogenated alkanes) is 1. The number of hydrogen-bond donors (Lipinski definition) is 2. The highest BCUT2D eigenvalue weighted by Crippen LogP contribution is 2.09. The number of rotatable bonds is 6. The van der Waals surface area contributed by atoms with Gasteiger partial charge in [-0.15, -0.1) is 0 Å². The lowest BCUT2D eigenvalue weighted by atomic mass is 10.3. The van der Waals surface area contributed by atoms with Crippen LogP contribution in [0.2, 0.25) is 0 Å². The monoisotopic (exact) mass is 275 g/mol. The Morgan fingerprint density at radius 3 is 3.00 bits per heavy atom. The Labute approximate surface area is 116 Å². The molecule has 0 aliphatic carbocycles. The second kappa shape index (κ2) is 6.65. The maximum atomic E-state index is 12.0. The van der Waals surface area contributed by atoms with Crippen LogP contribution >= 0.6 is 0 Å². The zero-order chi connectivity index (χ0) is 14.4. The van der Waals surface area contributed by atoms with Crippen LogP contribution in [0.5, 0.6) is 0 Å². The van der Waals surface area contributed by atoms with Gasteiger partial charge in [0.15, 0.2) is 5.82 Å². The molecule has 0 saturated heterocycles. The van der Waals surface area contributed by atoms with E-state index in [1.165, 1.54) is 0 Å². The van der Waals surface area contributed by atoms with Crippen molar-refractivity contribution in [2.45, 2.75) is 26.7 Å². The van der Waals surface area contributed by atoms with Crippen LogP contribution in [0.25, 0.3) is 0 Å². The zero-order valence-electron chi connectivity index (χ0n) is 11.5. The third kappa shape index (κ3) is 3.78. The topological polar surface area (TPSA) is 92.9 Å². The van der Waals surface area contributed by atoms with Crippen LogP contribution in [0.3, 0.4) is 0 Å². The van der Waals surface area contributed by atoms with Crippen LogP contribution in [-0.2, 0) is 0 Å². The first-order valence-electron chi connectivity index (χ1n) is 6.50. The maximum Gasteiger partial charge on any atom is 0.275 e. The summed E-state index contributed by atoms with van der Waals surface area (Å²) in [4.78, 5) is 20.2. The third-order valence-electron chi connectivity index (χ3n) is 2.57. The molecule has 0 unspecified atom stereocenters. The van der Waals surface area contributed by atoms with Gasteiger partial charge >= 0.3 is 0 Å². The van der Waals surface area contributed by atoms with Gasteiger partial charge in [0.2, 0.25) is 5.95 Å². The Balaban J connectivity index is 2.00. The molecule has 2 aromatic rings. The fraction of sp³-hybridized carbons (Fsp3) is 0.385. The van der Waals surface area contributed by atoms with Crippen LogP contribution in [0.1, 0.15) is 36.0 Å². The molecule has 0 spiro atoms. The van der Waals surface area contributed by atoms with Crippen LogP contribution in [0.15, 0.2) is 22.9 Å². The van der Waals surface area contributed by atoms with Gasteiger partial charge in [-0.3, -0.25) is 4.79 Å². The summed E-state index contributed by atoms with van der Waals surface area (Å²) in [6.45, 7) is 4.64. The minimum atomic E-state index is -0.348. The molecule has 2 rings (SSSR count). The van der Waals surface area contributed by atoms with Crippen molar-refractivity contribution in [3.63, 3.8) is 0 Å². The highest BCUT2D eigenvalue weighted by Gasteiger charge is 2.11. The van der Waals surface area contributed by atoms with Crippen LogP contribution in [-0.4, -0.2) is 27.6 Å². The van der Waals surface area contributed by atoms with Gasteiger partial charge in [-0.2, -0.15) is 0 Å². The number of nitrogens with one attached hydrogen (secondary N) is 2. The van der Waals surface area contributed by atoms with Crippen molar-refractivity contribution in [2.75, 3.05) is 17.2 Å². The standard InChI is InChI=1S/C13H17N5O2/c1-3-4-6-14-13-15-7-5-10(16-13)12(19)17-11-8-9(2)20-18-11/h5,7-8H,3-4,6H2,1-2H3,(H,14,15,16)(H,17,18,19). The average molecular weight is 275 g/mol. The van der Waals surface area contributed by atoms with Crippen molar-refractivity contribution >= 4 is 17.7 Å². The van der Waals surface area contributed by atoms with Crippen molar-refractivity contribution in [3.05, 3.63) is 29.8 Å². The quantitative estimate of drug-likeness (QED) is 0.785. The number of carbonyl (C=O) groups is 1. The summed E-state index contributed by atoms with van der Waals surface area (Å²) in [6, 6.07) is 3.19. The summed E-state index contributed by atoms with van der Waals surface area (Å²) in [7, 11) is 0. The van der Waals surface area contributed by atoms with Gasteiger partial charge in [-0.1, -0.05) is 18.5 Å². The second-order valence-corrected chi connectivity index (χ2v) is 4.32. The summed E-state index contributed by atoms with van der Waals surface area (Å²) >= 11 is 0. The van der Waals surface area contributed by atoms with Gasteiger partial charge in [-0.05, 0) is 19.4 Å². The number of nitrogens with zero attached hydrogens (tertiary/aromatic N) is 3. The lowest BCUT2D eigenvalue weighted by Crippen LogP contribution is -2.15. The van der Waals surface area contributed by atoms with E-state index in [0.717, 1.165) is 19.4 Å². The smallest absolute Gasteiger partial charge is 0.275 e. The summed E-state index contributed by atoms with van der Waals surface area (Å²) in [5.74, 6) is 1.10. The molecular weight excluding hydrogens is 258 g/mol. The van der Waals surface area contributed by atoms with Crippen molar-refractivity contribution < 1.29 is 9.32 Å². The molecule has 2 N–H and O–H groups in total. The van der Waals surface area contributed by atoms with Crippen molar-refractivity contribution in [2.24, 2.45) is 0 Å². The largest absolute Gasteiger partial charge is 0.360 e. The predicted octanol–water partition coefficient (Wildman–Crippen LogP) is 2.24. The van der Waals surface area contributed by atoms with E-state index in [1.54, 1.807) is 25.3 Å². The minimum Gasteiger partial charge on any atom is -0.360 e. The second-order valence-electron chi connectivity index (χ2n) is 4.32. The lowest BCUT2D eigenvalue weighted by molar-refractivity contribution is 0.102. The van der Waals surface area contributed by atoms with Gasteiger partial charge in [0, 0.05) is 18.8 Å². The number of aromatic nitrogens is 3. The molecule has 0 atom stereocenters. The molecule has 0 radical (unpaired) electrons. The molecule has 2 heterocycles. The molecule has 0 saturated carbocycles. The molecule has 0 bridgehead atoms. The molecule has 20 heavy (non-hydrogen) atoms. The summed E-state index contributed by atoms with van der Waals surface area (Å²) in [5.41, 5.74) is 0.277. The molecule has 7 nitrogen and oxygen atoms in total. The fourth-order valence-electron chi connectivity index (χ4n) is 1.55. The molecule has 106 valence electrons. The minimum absolute atomic E-state index is 0.277. The first-order valence-corrected chi connectivity index (χ1v) is 6.50. The van der Waals surface area contributed by atoms with Gasteiger partial charge in [0.05, 0.1) is 0 Å². The Kier molecular flexibility index (Phi) is 4.65. The fourth-order valence-corrected chi connectivity index (χ4v) is 1.55. The predicted molar refractivity (Wildman–Crippen MR) is 74.6 cm³/mol. The maximum absolute atomic E-state index is 12.0. The number of anilines is 2. The van der Waals surface area contributed by atoms with E-state index >= 15 is 0 Å². The zero-order valence-corrected chi connectivity index (χ0v) is 11.5. The van der Waals surface area contributed by atoms with Gasteiger partial charge in [-0.25, -0.2) is 9.97 Å². The van der Waals surface area contributed by atoms with E-state index in [-0.39, 0.29) is 11.6 Å². The molecule has 0 aliphatic heterocycles. The van der Waals surface area contributed by atoms with Crippen LogP contribution in [0, 0.1) is 6.92 Å². The molecule has 2 aromatic heterocycles. The summed E-state index contributed by atoms with van der Waals surface area (Å²) in [5, 5.41) is 9.38. The van der Waals surface area contributed by atoms with E-state index < -0.39 is 0 Å². The van der Waals surface area contributed by atoms with E-state index in [0.29, 0.717) is 17.5 Å². The van der Waals surface area contributed by atoms with E-state index in [9.17, 15) is 4.79 Å². The molecule has 0 aliphatic rings. The normalized spacial score (nSPS) is 10.3. The molecule has 0 fully saturated rings. The Bertz CT molecular complexity index is 582. The van der Waals surface area contributed by atoms with Gasteiger partial charge in [0.25, 0.3) is 5.91 Å². The molecule has 1 amide bonds. The van der Waals surface area contributed by atoms with Crippen molar-refractivity contribution in [1.82, 2.24) is 15.1 Å². The average Bonchev–Trinajstić information content (AvgIpc) is 2.85. The molecular formula is C13H17N5O2. The summed E-state index contributed by atoms with van der Waals surface area (Å²) in [6.07, 6.45) is 3.65. The van der Waals surface area contributed by atoms with E-state index in [1.807, 2.05) is 0 Å². The number of hydrogen-bond acceptors (Lipinski definition) is 6. The third-order valence-corrected chi connectivity index (χ3v) is 2.57. The van der Waals surface area contributed by atoms with Crippen LogP contribution < -0.4 is 10.6 Å². The Morgan fingerprint density at radius 2 is 2.30 bits per heavy atom. The van der Waals surface area contributed by atoms with Crippen LogP contribution in [0.4, 0.5) is 11.8 Å². The van der Waals surface area contributed by atoms with Crippen molar-refractivity contribution in [3.8, 4) is 0 Å². The molecule has 7 heteroatoms. The number of aryl methyl sites for hydroxylation is 1. The highest BCUT2D eigenvalue weighted by molar-refractivity contribution is 6.02. The SMILES string of the molecule is CCCCNc1nccc(C(=O)Nc2cc(C)on2)n1. The molecule has 0 aromatic carbocycles. The van der Waals surface area contributed by atoms with E-state index in [2.05, 4.69) is 32.7 Å². The summed E-state index contributed by atoms with van der Waals surface area (Å²) < 4.78 is 4.88. The number of carbonyl (C=O) groups excluding carboxylic acids is 1. The van der Waals surface area contributed by atoms with Gasteiger partial charge in [0.1, 0.15) is 11.5 Å². The van der Waals surface area contributed by atoms with Gasteiger partial charge < -0.3 is 15.2 Å². The first kappa shape index (κ1) is 14.0. The van der Waals surface area contributed by atoms with Crippen molar-refractivity contribution in [1.29, 1.82) is 0 Å². The van der Waals surface area contributed by atoms with E-state index in [4.69, 9.17) is 4.52 Å². The number of amides is 1. The highest BCUT2D eigenvalue weighted by atomic mass is 16.5. The Morgan fingerprint density at radius 1 is 1.45 bits per heavy atom. The lowest BCUT2D eigenvalue weighted by Gasteiger charge is -2.05.